The monoisotopic (exact) mass is 655 g/mol. The Labute approximate surface area is 267 Å². The predicted molar refractivity (Wildman–Crippen MR) is 180 cm³/mol. The van der Waals surface area contributed by atoms with Crippen LogP contribution in [0.4, 0.5) is 10.6 Å². The maximum absolute atomic E-state index is 12.9. The van der Waals surface area contributed by atoms with E-state index in [1.54, 1.807) is 0 Å². The van der Waals surface area contributed by atoms with Crippen molar-refractivity contribution in [3.05, 3.63) is 129 Å². The summed E-state index contributed by atoms with van der Waals surface area (Å²) in [5, 5.41) is 0. The third kappa shape index (κ3) is 5.94. The third-order valence-electron chi connectivity index (χ3n) is 8.21. The highest BCUT2D eigenvalue weighted by Crippen LogP contribution is 2.50. The first-order valence-corrected chi connectivity index (χ1v) is 16.7. The molecule has 3 heterocycles. The van der Waals surface area contributed by atoms with Gasteiger partial charge in [0.25, 0.3) is 0 Å². The lowest BCUT2D eigenvalue weighted by Crippen LogP contribution is -2.58. The van der Waals surface area contributed by atoms with E-state index in [0.29, 0.717) is 18.8 Å². The Balaban J connectivity index is 1.33. The second-order valence-electron chi connectivity index (χ2n) is 12.5. The summed E-state index contributed by atoms with van der Waals surface area (Å²) in [5.41, 5.74) is 5.45. The summed E-state index contributed by atoms with van der Waals surface area (Å²) < 4.78 is 6.31. The third-order valence-corrected chi connectivity index (χ3v) is 10.5. The zero-order valence-corrected chi connectivity index (χ0v) is 27.6. The Morgan fingerprint density at radius 2 is 1.44 bits per heavy atom. The first kappa shape index (κ1) is 29.8. The van der Waals surface area contributed by atoms with Crippen LogP contribution >= 0.6 is 27.7 Å². The standard InChI is InChI=1S/C36H38BrN3O2S/c1-25-22-39(34(41)42-35(2,3)4)23-30-20-26-21-31(37)32(38-33(26)40(25)30)24-43-36(27-14-8-5-9-15-27,28-16-10-6-11-17-28)29-18-12-7-13-19-29/h5-19,21,25,30H,20,22-24H2,1-4H3/t25-,30-/m1/s1. The Bertz CT molecular complexity index is 1480. The minimum absolute atomic E-state index is 0.138. The zero-order chi connectivity index (χ0) is 30.2. The fourth-order valence-corrected chi connectivity index (χ4v) is 8.60. The number of pyridine rings is 1. The van der Waals surface area contributed by atoms with Crippen molar-refractivity contribution in [3.8, 4) is 0 Å². The molecule has 4 aromatic rings. The summed E-state index contributed by atoms with van der Waals surface area (Å²) in [6, 6.07) is 34.9. The van der Waals surface area contributed by atoms with Gasteiger partial charge in [0.1, 0.15) is 11.4 Å². The van der Waals surface area contributed by atoms with Crippen molar-refractivity contribution in [2.24, 2.45) is 0 Å². The van der Waals surface area contributed by atoms with Crippen LogP contribution in [0, 0.1) is 0 Å². The summed E-state index contributed by atoms with van der Waals surface area (Å²) in [6.45, 7) is 9.18. The molecule has 0 aliphatic carbocycles. The van der Waals surface area contributed by atoms with Crippen LogP contribution in [0.5, 0.6) is 0 Å². The van der Waals surface area contributed by atoms with Crippen LogP contribution in [-0.4, -0.2) is 46.8 Å². The number of aromatic nitrogens is 1. The van der Waals surface area contributed by atoms with Crippen molar-refractivity contribution in [3.63, 3.8) is 0 Å². The molecule has 43 heavy (non-hydrogen) atoms. The number of benzene rings is 3. The normalized spacial score (nSPS) is 18.3. The molecule has 2 atom stereocenters. The maximum atomic E-state index is 12.9. The maximum Gasteiger partial charge on any atom is 0.410 e. The fourth-order valence-electron chi connectivity index (χ4n) is 6.43. The lowest BCUT2D eigenvalue weighted by Gasteiger charge is -2.43. The van der Waals surface area contributed by atoms with Crippen molar-refractivity contribution < 1.29 is 9.53 Å². The molecule has 0 spiro atoms. The van der Waals surface area contributed by atoms with Crippen LogP contribution < -0.4 is 4.90 Å². The van der Waals surface area contributed by atoms with E-state index >= 15 is 0 Å². The molecule has 2 aliphatic heterocycles. The highest BCUT2D eigenvalue weighted by Gasteiger charge is 2.42. The number of nitrogens with zero attached hydrogens (tertiary/aromatic N) is 3. The van der Waals surface area contributed by atoms with E-state index in [0.717, 1.165) is 22.4 Å². The van der Waals surface area contributed by atoms with Crippen molar-refractivity contribution in [1.29, 1.82) is 0 Å². The van der Waals surface area contributed by atoms with Gasteiger partial charge in [-0.05, 0) is 78.4 Å². The van der Waals surface area contributed by atoms with Crippen LogP contribution in [0.3, 0.4) is 0 Å². The number of halogens is 1. The number of hydrogen-bond acceptors (Lipinski definition) is 5. The molecule has 7 heteroatoms. The molecule has 0 saturated carbocycles. The zero-order valence-electron chi connectivity index (χ0n) is 25.2. The topological polar surface area (TPSA) is 45.7 Å². The molecule has 6 rings (SSSR count). The van der Waals surface area contributed by atoms with E-state index in [1.807, 2.05) is 37.4 Å². The summed E-state index contributed by atoms with van der Waals surface area (Å²) in [4.78, 5) is 22.5. The van der Waals surface area contributed by atoms with Crippen LogP contribution in [0.1, 0.15) is 55.6 Å². The molecule has 5 nitrogen and oxygen atoms in total. The molecule has 0 N–H and O–H groups in total. The lowest BCUT2D eigenvalue weighted by molar-refractivity contribution is 0.0191. The van der Waals surface area contributed by atoms with E-state index in [4.69, 9.17) is 9.72 Å². The quantitative estimate of drug-likeness (QED) is 0.195. The van der Waals surface area contributed by atoms with Gasteiger partial charge in [0.05, 0.1) is 16.5 Å². The van der Waals surface area contributed by atoms with E-state index in [9.17, 15) is 4.79 Å². The average Bonchev–Trinajstić information content (AvgIpc) is 3.36. The van der Waals surface area contributed by atoms with Gasteiger partial charge in [-0.15, -0.1) is 11.8 Å². The number of rotatable bonds is 6. The van der Waals surface area contributed by atoms with Gasteiger partial charge in [-0.25, -0.2) is 9.78 Å². The minimum atomic E-state index is -0.510. The first-order chi connectivity index (χ1) is 20.7. The summed E-state index contributed by atoms with van der Waals surface area (Å²) in [6.07, 6.45) is 0.625. The molecule has 1 amide bonds. The van der Waals surface area contributed by atoms with Crippen LogP contribution in [0.15, 0.2) is 102 Å². The van der Waals surface area contributed by atoms with Gasteiger partial charge in [0.2, 0.25) is 0 Å². The first-order valence-electron chi connectivity index (χ1n) is 14.9. The summed E-state index contributed by atoms with van der Waals surface area (Å²) in [5.74, 6) is 1.76. The van der Waals surface area contributed by atoms with Gasteiger partial charge in [0, 0.05) is 29.4 Å². The average molecular weight is 657 g/mol. The molecule has 3 aromatic carbocycles. The van der Waals surface area contributed by atoms with Crippen molar-refractivity contribution in [1.82, 2.24) is 9.88 Å². The van der Waals surface area contributed by atoms with Crippen molar-refractivity contribution in [2.45, 2.75) is 62.3 Å². The van der Waals surface area contributed by atoms with Gasteiger partial charge in [-0.2, -0.15) is 0 Å². The summed E-state index contributed by atoms with van der Waals surface area (Å²) in [7, 11) is 0. The molecular formula is C36H38BrN3O2S. The van der Waals surface area contributed by atoms with Crippen molar-refractivity contribution >= 4 is 39.6 Å². The Hall–Kier alpha value is -3.29. The Morgan fingerprint density at radius 3 is 1.95 bits per heavy atom. The van der Waals surface area contributed by atoms with E-state index in [2.05, 4.69) is 125 Å². The number of thioether (sulfide) groups is 1. The minimum Gasteiger partial charge on any atom is -0.444 e. The molecule has 0 bridgehead atoms. The number of hydrogen-bond donors (Lipinski definition) is 0. The van der Waals surface area contributed by atoms with Gasteiger partial charge in [-0.1, -0.05) is 91.0 Å². The van der Waals surface area contributed by atoms with Gasteiger partial charge >= 0.3 is 6.09 Å². The Kier molecular flexibility index (Phi) is 8.31. The smallest absolute Gasteiger partial charge is 0.410 e. The molecule has 1 saturated heterocycles. The number of fused-ring (bicyclic) bond motifs is 3. The van der Waals surface area contributed by atoms with Crippen molar-refractivity contribution in [2.75, 3.05) is 18.0 Å². The van der Waals surface area contributed by atoms with Gasteiger partial charge < -0.3 is 14.5 Å². The van der Waals surface area contributed by atoms with Gasteiger partial charge in [0.15, 0.2) is 0 Å². The largest absolute Gasteiger partial charge is 0.444 e. The summed E-state index contributed by atoms with van der Waals surface area (Å²) >= 11 is 5.79. The molecule has 222 valence electrons. The second kappa shape index (κ2) is 12.0. The SMILES string of the molecule is C[C@@H]1CN(C(=O)OC(C)(C)C)C[C@H]2Cc3cc(Br)c(CSC(c4ccccc4)(c4ccccc4)c4ccccc4)nc3N21. The molecule has 2 aliphatic rings. The molecule has 0 unspecified atom stereocenters. The number of amides is 1. The van der Waals surface area contributed by atoms with Crippen LogP contribution in [0.25, 0.3) is 0 Å². The highest BCUT2D eigenvalue weighted by atomic mass is 79.9. The number of carbonyl (C=O) groups excluding carboxylic acids is 1. The number of anilines is 1. The fraction of sp³-hybridized carbons (Fsp3) is 0.333. The van der Waals surface area contributed by atoms with Crippen LogP contribution in [0.2, 0.25) is 0 Å². The Morgan fingerprint density at radius 1 is 0.907 bits per heavy atom. The van der Waals surface area contributed by atoms with E-state index < -0.39 is 10.3 Å². The van der Waals surface area contributed by atoms with E-state index in [1.165, 1.54) is 22.3 Å². The van der Waals surface area contributed by atoms with Gasteiger partial charge in [-0.3, -0.25) is 0 Å². The lowest BCUT2D eigenvalue weighted by atomic mass is 9.84. The molecule has 1 fully saturated rings. The second-order valence-corrected chi connectivity index (χ2v) is 14.5. The highest BCUT2D eigenvalue weighted by molar-refractivity contribution is 9.10. The predicted octanol–water partition coefficient (Wildman–Crippen LogP) is 8.44. The number of piperazine rings is 1. The van der Waals surface area contributed by atoms with Crippen LogP contribution in [-0.2, 0) is 21.7 Å². The number of carbonyl (C=O) groups is 1. The van der Waals surface area contributed by atoms with E-state index in [-0.39, 0.29) is 18.2 Å². The number of ether oxygens (including phenoxy) is 1. The molecular weight excluding hydrogens is 618 g/mol. The molecule has 0 radical (unpaired) electrons. The molecule has 1 aromatic heterocycles.